The van der Waals surface area contributed by atoms with Crippen molar-refractivity contribution in [3.05, 3.63) is 69.8 Å². The van der Waals surface area contributed by atoms with E-state index in [4.69, 9.17) is 4.74 Å². The number of ether oxygens (including phenoxy) is 1. The highest BCUT2D eigenvalue weighted by atomic mass is 16.6. The number of hydrogen-bond donors (Lipinski definition) is 1. The Balaban J connectivity index is 1.99. The largest absolute Gasteiger partial charge is 0.463 e. The lowest BCUT2D eigenvalue weighted by molar-refractivity contribution is -0.384. The van der Waals surface area contributed by atoms with Crippen LogP contribution in [0.2, 0.25) is 0 Å². The van der Waals surface area contributed by atoms with E-state index in [-0.39, 0.29) is 11.6 Å². The lowest BCUT2D eigenvalue weighted by Gasteiger charge is -2.36. The molecule has 0 aromatic heterocycles. The Labute approximate surface area is 120 Å². The van der Waals surface area contributed by atoms with Gasteiger partial charge in [0.15, 0.2) is 0 Å². The summed E-state index contributed by atoms with van der Waals surface area (Å²) < 4.78 is 5.87. The number of nitro groups is 1. The number of fused-ring (bicyclic) bond motifs is 1. The van der Waals surface area contributed by atoms with Crippen LogP contribution in [0.15, 0.2) is 48.5 Å². The minimum absolute atomic E-state index is 0.00936. The first-order valence-electron chi connectivity index (χ1n) is 6.35. The van der Waals surface area contributed by atoms with E-state index in [9.17, 15) is 14.9 Å². The third-order valence-corrected chi connectivity index (χ3v) is 3.43. The van der Waals surface area contributed by atoms with Crippen LogP contribution in [0.3, 0.4) is 0 Å². The Morgan fingerprint density at radius 2 is 1.81 bits per heavy atom. The molecular formula is C15H12N2O4. The number of hydrogen-bond acceptors (Lipinski definition) is 4. The van der Waals surface area contributed by atoms with Crippen molar-refractivity contribution in [1.82, 2.24) is 5.32 Å². The van der Waals surface area contributed by atoms with Crippen LogP contribution in [0.4, 0.5) is 5.69 Å². The Morgan fingerprint density at radius 1 is 1.14 bits per heavy atom. The summed E-state index contributed by atoms with van der Waals surface area (Å²) in [6, 6.07) is 12.9. The van der Waals surface area contributed by atoms with E-state index in [0.29, 0.717) is 16.9 Å². The Kier molecular flexibility index (Phi) is 2.86. The number of carbonyl (C=O) groups excluding carboxylic acids is 1. The average molecular weight is 284 g/mol. The van der Waals surface area contributed by atoms with Crippen LogP contribution in [0.25, 0.3) is 0 Å². The maximum Gasteiger partial charge on any atom is 0.269 e. The van der Waals surface area contributed by atoms with E-state index in [2.05, 4.69) is 5.32 Å². The molecule has 3 rings (SSSR count). The highest BCUT2D eigenvalue weighted by Gasteiger charge is 2.37. The Hall–Kier alpha value is -2.89. The normalized spacial score (nSPS) is 20.1. The molecule has 0 fully saturated rings. The summed E-state index contributed by atoms with van der Waals surface area (Å²) >= 11 is 0. The van der Waals surface area contributed by atoms with E-state index >= 15 is 0 Å². The topological polar surface area (TPSA) is 81.5 Å². The monoisotopic (exact) mass is 284 g/mol. The van der Waals surface area contributed by atoms with Crippen LogP contribution in [-0.4, -0.2) is 10.8 Å². The van der Waals surface area contributed by atoms with Gasteiger partial charge in [-0.3, -0.25) is 14.9 Å². The first-order valence-corrected chi connectivity index (χ1v) is 6.35. The number of nitrogens with one attached hydrogen (secondary N) is 1. The molecule has 0 bridgehead atoms. The number of nitrogens with zero attached hydrogens (tertiary/aromatic N) is 1. The van der Waals surface area contributed by atoms with Gasteiger partial charge in [-0.1, -0.05) is 12.1 Å². The molecule has 6 heteroatoms. The van der Waals surface area contributed by atoms with Gasteiger partial charge in [0.1, 0.15) is 5.75 Å². The van der Waals surface area contributed by atoms with Gasteiger partial charge in [-0.25, -0.2) is 0 Å². The van der Waals surface area contributed by atoms with E-state index in [1.807, 2.05) is 0 Å². The molecule has 0 saturated carbocycles. The second-order valence-corrected chi connectivity index (χ2v) is 4.89. The van der Waals surface area contributed by atoms with Gasteiger partial charge in [-0.05, 0) is 31.2 Å². The summed E-state index contributed by atoms with van der Waals surface area (Å²) in [6.45, 7) is 1.71. The Morgan fingerprint density at radius 3 is 2.48 bits per heavy atom. The van der Waals surface area contributed by atoms with Crippen molar-refractivity contribution in [2.24, 2.45) is 0 Å². The molecule has 2 aromatic rings. The fourth-order valence-corrected chi connectivity index (χ4v) is 2.30. The highest BCUT2D eigenvalue weighted by molar-refractivity contribution is 5.98. The molecule has 21 heavy (non-hydrogen) atoms. The number of para-hydroxylation sites is 1. The van der Waals surface area contributed by atoms with Gasteiger partial charge in [-0.2, -0.15) is 0 Å². The lowest BCUT2D eigenvalue weighted by atomic mass is 10.0. The molecule has 1 aliphatic heterocycles. The molecule has 0 saturated heterocycles. The maximum absolute atomic E-state index is 12.2. The molecule has 6 nitrogen and oxygen atoms in total. The van der Waals surface area contributed by atoms with Gasteiger partial charge in [-0.15, -0.1) is 0 Å². The first-order chi connectivity index (χ1) is 9.99. The van der Waals surface area contributed by atoms with Crippen LogP contribution < -0.4 is 10.1 Å². The Bertz CT molecular complexity index is 727. The van der Waals surface area contributed by atoms with E-state index in [1.165, 1.54) is 12.1 Å². The molecular weight excluding hydrogens is 272 g/mol. The zero-order valence-electron chi connectivity index (χ0n) is 11.2. The third kappa shape index (κ3) is 2.20. The molecule has 2 aromatic carbocycles. The van der Waals surface area contributed by atoms with E-state index in [0.717, 1.165) is 0 Å². The molecule has 1 N–H and O–H groups in total. The number of nitro benzene ring substituents is 1. The molecule has 1 aliphatic rings. The molecule has 0 radical (unpaired) electrons. The van der Waals surface area contributed by atoms with Gasteiger partial charge in [0.25, 0.3) is 11.6 Å². The summed E-state index contributed by atoms with van der Waals surface area (Å²) in [4.78, 5) is 22.4. The van der Waals surface area contributed by atoms with Gasteiger partial charge in [0, 0.05) is 17.7 Å². The second kappa shape index (κ2) is 4.59. The predicted octanol–water partition coefficient (Wildman–Crippen LogP) is 2.59. The predicted molar refractivity (Wildman–Crippen MR) is 75.0 cm³/mol. The SMILES string of the molecule is CC1(c2ccc([N+](=O)[O-])cc2)NC(=O)c2ccccc2O1. The van der Waals surface area contributed by atoms with Gasteiger partial charge >= 0.3 is 0 Å². The molecule has 0 spiro atoms. The number of amides is 1. The minimum atomic E-state index is -1.05. The standard InChI is InChI=1S/C15H12N2O4/c1-15(10-6-8-11(9-7-10)17(19)20)16-14(18)12-4-2-3-5-13(12)21-15/h2-9H,1H3,(H,16,18). The zero-order valence-corrected chi connectivity index (χ0v) is 11.2. The van der Waals surface area contributed by atoms with Crippen molar-refractivity contribution in [1.29, 1.82) is 0 Å². The van der Waals surface area contributed by atoms with E-state index in [1.54, 1.807) is 43.3 Å². The van der Waals surface area contributed by atoms with Gasteiger partial charge in [0.05, 0.1) is 10.5 Å². The zero-order chi connectivity index (χ0) is 15.0. The van der Waals surface area contributed by atoms with Crippen LogP contribution in [0.1, 0.15) is 22.8 Å². The van der Waals surface area contributed by atoms with Crippen LogP contribution in [0, 0.1) is 10.1 Å². The molecule has 1 atom stereocenters. The number of benzene rings is 2. The van der Waals surface area contributed by atoms with Crippen molar-refractivity contribution < 1.29 is 14.5 Å². The number of rotatable bonds is 2. The van der Waals surface area contributed by atoms with Crippen molar-refractivity contribution in [3.8, 4) is 5.75 Å². The summed E-state index contributed by atoms with van der Waals surface area (Å²) in [7, 11) is 0. The lowest BCUT2D eigenvalue weighted by Crippen LogP contribution is -2.51. The third-order valence-electron chi connectivity index (χ3n) is 3.43. The minimum Gasteiger partial charge on any atom is -0.463 e. The van der Waals surface area contributed by atoms with Crippen LogP contribution in [-0.2, 0) is 5.72 Å². The fraction of sp³-hybridized carbons (Fsp3) is 0.133. The molecule has 0 aliphatic carbocycles. The van der Waals surface area contributed by atoms with Crippen LogP contribution in [0.5, 0.6) is 5.75 Å². The molecule has 106 valence electrons. The molecule has 1 unspecified atom stereocenters. The fourth-order valence-electron chi connectivity index (χ4n) is 2.30. The van der Waals surface area contributed by atoms with E-state index < -0.39 is 10.6 Å². The summed E-state index contributed by atoms with van der Waals surface area (Å²) in [5.41, 5.74) is 0.0401. The van der Waals surface area contributed by atoms with Crippen molar-refractivity contribution in [3.63, 3.8) is 0 Å². The smallest absolute Gasteiger partial charge is 0.269 e. The van der Waals surface area contributed by atoms with Gasteiger partial charge in [0.2, 0.25) is 5.72 Å². The number of carbonyl (C=O) groups is 1. The quantitative estimate of drug-likeness (QED) is 0.678. The molecule has 1 heterocycles. The molecule has 1 amide bonds. The first kappa shape index (κ1) is 13.1. The maximum atomic E-state index is 12.2. The van der Waals surface area contributed by atoms with Crippen molar-refractivity contribution in [2.45, 2.75) is 12.6 Å². The van der Waals surface area contributed by atoms with Crippen molar-refractivity contribution >= 4 is 11.6 Å². The summed E-state index contributed by atoms with van der Waals surface area (Å²) in [6.07, 6.45) is 0. The second-order valence-electron chi connectivity index (χ2n) is 4.89. The van der Waals surface area contributed by atoms with Crippen LogP contribution >= 0.6 is 0 Å². The van der Waals surface area contributed by atoms with Crippen molar-refractivity contribution in [2.75, 3.05) is 0 Å². The van der Waals surface area contributed by atoms with Gasteiger partial charge < -0.3 is 10.1 Å². The summed E-state index contributed by atoms with van der Waals surface area (Å²) in [5.74, 6) is 0.250. The number of non-ortho nitro benzene ring substituents is 1. The average Bonchev–Trinajstić information content (AvgIpc) is 2.47. The highest BCUT2D eigenvalue weighted by Crippen LogP contribution is 2.33. The summed E-state index contributed by atoms with van der Waals surface area (Å²) in [5, 5.41) is 13.5.